The molecule has 3 rings (SSSR count). The van der Waals surface area contributed by atoms with Crippen LogP contribution >= 0.6 is 0 Å². The lowest BCUT2D eigenvalue weighted by molar-refractivity contribution is 0.306. The van der Waals surface area contributed by atoms with E-state index in [9.17, 15) is 0 Å². The molecule has 0 aliphatic carbocycles. The summed E-state index contributed by atoms with van der Waals surface area (Å²) in [7, 11) is 0. The van der Waals surface area contributed by atoms with Crippen LogP contribution < -0.4 is 14.8 Å². The van der Waals surface area contributed by atoms with Gasteiger partial charge in [-0.15, -0.1) is 0 Å². The van der Waals surface area contributed by atoms with Crippen LogP contribution in [0.2, 0.25) is 0 Å². The highest BCUT2D eigenvalue weighted by Gasteiger charge is 1.98. The minimum absolute atomic E-state index is 0.581. The van der Waals surface area contributed by atoms with Crippen LogP contribution in [0, 0.1) is 6.92 Å². The first-order valence-corrected chi connectivity index (χ1v) is 8.50. The molecule has 0 spiro atoms. The zero-order valence-corrected chi connectivity index (χ0v) is 14.4. The fourth-order valence-corrected chi connectivity index (χ4v) is 2.48. The van der Waals surface area contributed by atoms with Gasteiger partial charge in [-0.2, -0.15) is 0 Å². The van der Waals surface area contributed by atoms with Crippen molar-refractivity contribution in [3.8, 4) is 11.5 Å². The second kappa shape index (κ2) is 8.78. The van der Waals surface area contributed by atoms with Gasteiger partial charge in [0.1, 0.15) is 24.7 Å². The summed E-state index contributed by atoms with van der Waals surface area (Å²) in [5.74, 6) is 1.77. The van der Waals surface area contributed by atoms with E-state index >= 15 is 0 Å². The van der Waals surface area contributed by atoms with Crippen molar-refractivity contribution >= 4 is 5.69 Å². The molecular formula is C22H23NO2. The van der Waals surface area contributed by atoms with E-state index in [-0.39, 0.29) is 0 Å². The first-order chi connectivity index (χ1) is 12.3. The first-order valence-electron chi connectivity index (χ1n) is 8.50. The van der Waals surface area contributed by atoms with Crippen LogP contribution in [0.4, 0.5) is 5.69 Å². The summed E-state index contributed by atoms with van der Waals surface area (Å²) < 4.78 is 11.5. The molecule has 0 atom stereocenters. The van der Waals surface area contributed by atoms with Gasteiger partial charge in [-0.3, -0.25) is 0 Å². The maximum absolute atomic E-state index is 5.79. The van der Waals surface area contributed by atoms with Gasteiger partial charge in [0.25, 0.3) is 0 Å². The van der Waals surface area contributed by atoms with Crippen LogP contribution in [0.3, 0.4) is 0 Å². The Morgan fingerprint density at radius 3 is 2.32 bits per heavy atom. The topological polar surface area (TPSA) is 30.5 Å². The number of benzene rings is 3. The molecule has 0 saturated carbocycles. The van der Waals surface area contributed by atoms with Crippen LogP contribution in [0.5, 0.6) is 11.5 Å². The van der Waals surface area contributed by atoms with E-state index in [0.717, 1.165) is 29.3 Å². The fourth-order valence-electron chi connectivity index (χ4n) is 2.48. The minimum Gasteiger partial charge on any atom is -0.492 e. The molecule has 0 aliphatic rings. The predicted octanol–water partition coefficient (Wildman–Crippen LogP) is 5.06. The van der Waals surface area contributed by atoms with Crippen molar-refractivity contribution < 1.29 is 9.47 Å². The Hall–Kier alpha value is -2.94. The van der Waals surface area contributed by atoms with Crippen molar-refractivity contribution in [3.63, 3.8) is 0 Å². The number of aryl methyl sites for hydroxylation is 1. The van der Waals surface area contributed by atoms with E-state index in [1.165, 1.54) is 5.56 Å². The van der Waals surface area contributed by atoms with Gasteiger partial charge in [0, 0.05) is 12.2 Å². The normalized spacial score (nSPS) is 10.3. The third-order valence-corrected chi connectivity index (χ3v) is 3.79. The predicted molar refractivity (Wildman–Crippen MR) is 102 cm³/mol. The average molecular weight is 333 g/mol. The molecule has 0 unspecified atom stereocenters. The summed E-state index contributed by atoms with van der Waals surface area (Å²) in [6, 6.07) is 26.2. The molecular weight excluding hydrogens is 310 g/mol. The maximum atomic E-state index is 5.79. The van der Waals surface area contributed by atoms with E-state index in [1.807, 2.05) is 60.7 Å². The summed E-state index contributed by atoms with van der Waals surface area (Å²) in [6.07, 6.45) is 0. The molecule has 0 fully saturated rings. The third-order valence-electron chi connectivity index (χ3n) is 3.79. The van der Waals surface area contributed by atoms with Crippen molar-refractivity contribution in [2.45, 2.75) is 13.5 Å². The number of anilines is 1. The van der Waals surface area contributed by atoms with Gasteiger partial charge in [-0.1, -0.05) is 42.5 Å². The maximum Gasteiger partial charge on any atom is 0.119 e. The van der Waals surface area contributed by atoms with E-state index in [2.05, 4.69) is 30.4 Å². The summed E-state index contributed by atoms with van der Waals surface area (Å²) in [6.45, 7) is 4.01. The van der Waals surface area contributed by atoms with Crippen molar-refractivity contribution in [2.24, 2.45) is 0 Å². The molecule has 25 heavy (non-hydrogen) atoms. The molecule has 0 heterocycles. The van der Waals surface area contributed by atoms with Gasteiger partial charge in [0.2, 0.25) is 0 Å². The molecule has 1 N–H and O–H groups in total. The molecule has 0 aliphatic heterocycles. The molecule has 128 valence electrons. The highest BCUT2D eigenvalue weighted by atomic mass is 16.5. The number of rotatable bonds is 8. The Morgan fingerprint density at radius 2 is 1.56 bits per heavy atom. The van der Waals surface area contributed by atoms with E-state index < -0.39 is 0 Å². The van der Waals surface area contributed by atoms with Gasteiger partial charge in [0.15, 0.2) is 0 Å². The summed E-state index contributed by atoms with van der Waals surface area (Å²) in [5.41, 5.74) is 3.43. The molecule has 3 nitrogen and oxygen atoms in total. The second-order valence-corrected chi connectivity index (χ2v) is 5.89. The fraction of sp³-hybridized carbons (Fsp3) is 0.182. The van der Waals surface area contributed by atoms with Crippen LogP contribution in [0.25, 0.3) is 0 Å². The van der Waals surface area contributed by atoms with Gasteiger partial charge < -0.3 is 14.8 Å². The van der Waals surface area contributed by atoms with Gasteiger partial charge in [-0.05, 0) is 54.4 Å². The molecule has 0 amide bonds. The second-order valence-electron chi connectivity index (χ2n) is 5.89. The Kier molecular flexibility index (Phi) is 5.94. The number of hydrogen-bond donors (Lipinski definition) is 1. The SMILES string of the molecule is Cc1cccc(OCCNc2ccc(OCc3ccccc3)cc2)c1. The van der Waals surface area contributed by atoms with Crippen molar-refractivity contribution in [1.29, 1.82) is 0 Å². The monoisotopic (exact) mass is 333 g/mol. The zero-order chi connectivity index (χ0) is 17.3. The molecule has 3 aromatic carbocycles. The highest BCUT2D eigenvalue weighted by molar-refractivity contribution is 5.46. The molecule has 0 radical (unpaired) electrons. The van der Waals surface area contributed by atoms with Gasteiger partial charge in [-0.25, -0.2) is 0 Å². The quantitative estimate of drug-likeness (QED) is 0.584. The number of ether oxygens (including phenoxy) is 2. The summed E-state index contributed by atoms with van der Waals surface area (Å²) in [4.78, 5) is 0. The lowest BCUT2D eigenvalue weighted by atomic mass is 10.2. The lowest BCUT2D eigenvalue weighted by Gasteiger charge is -2.10. The Labute approximate surface area is 149 Å². The Balaban J connectivity index is 1.40. The smallest absolute Gasteiger partial charge is 0.119 e. The van der Waals surface area contributed by atoms with Crippen molar-refractivity contribution in [2.75, 3.05) is 18.5 Å². The average Bonchev–Trinajstić information content (AvgIpc) is 2.65. The van der Waals surface area contributed by atoms with E-state index in [0.29, 0.717) is 13.2 Å². The number of hydrogen-bond acceptors (Lipinski definition) is 3. The minimum atomic E-state index is 0.581. The molecule has 3 heteroatoms. The molecule has 0 saturated heterocycles. The molecule has 3 aromatic rings. The first kappa shape index (κ1) is 16.9. The van der Waals surface area contributed by atoms with E-state index in [4.69, 9.17) is 9.47 Å². The largest absolute Gasteiger partial charge is 0.492 e. The lowest BCUT2D eigenvalue weighted by Crippen LogP contribution is -2.11. The van der Waals surface area contributed by atoms with Crippen LogP contribution in [0.1, 0.15) is 11.1 Å². The van der Waals surface area contributed by atoms with Crippen LogP contribution in [0.15, 0.2) is 78.9 Å². The standard InChI is InChI=1S/C22H23NO2/c1-18-6-5-9-22(16-18)24-15-14-23-20-10-12-21(13-11-20)25-17-19-7-3-2-4-8-19/h2-13,16,23H,14-15,17H2,1H3. The Bertz CT molecular complexity index is 770. The zero-order valence-electron chi connectivity index (χ0n) is 14.4. The van der Waals surface area contributed by atoms with Crippen molar-refractivity contribution in [3.05, 3.63) is 90.0 Å². The number of nitrogens with one attached hydrogen (secondary N) is 1. The van der Waals surface area contributed by atoms with Crippen molar-refractivity contribution in [1.82, 2.24) is 0 Å². The van der Waals surface area contributed by atoms with Gasteiger partial charge in [0.05, 0.1) is 0 Å². The summed E-state index contributed by atoms with van der Waals surface area (Å²) in [5, 5.41) is 3.35. The van der Waals surface area contributed by atoms with Gasteiger partial charge >= 0.3 is 0 Å². The van der Waals surface area contributed by atoms with E-state index in [1.54, 1.807) is 0 Å². The summed E-state index contributed by atoms with van der Waals surface area (Å²) >= 11 is 0. The Morgan fingerprint density at radius 1 is 0.760 bits per heavy atom. The molecule has 0 bridgehead atoms. The third kappa shape index (κ3) is 5.57. The van der Waals surface area contributed by atoms with Crippen LogP contribution in [-0.4, -0.2) is 13.2 Å². The van der Waals surface area contributed by atoms with Crippen LogP contribution in [-0.2, 0) is 6.61 Å². The molecule has 0 aromatic heterocycles. The highest BCUT2D eigenvalue weighted by Crippen LogP contribution is 2.17.